The number of phosphoric acid groups is 1. The van der Waals surface area contributed by atoms with E-state index in [9.17, 15) is 4.57 Å². The largest absolute Gasteiger partial charge is 0.469 e. The molecule has 4 N–H and O–H groups in total. The standard InChI is InChI=1S/C12H18N5O7P/c1-21-8-6(3-23-25(18,19)20)24-12(9(8)22-2)17-5-16-7-10(13)14-4-15-11(7)17/h4-6,8-9,12H,3H2,1-2H3,(H2,13,14,15)(H2,18,19,20)/t6-,8?,9+,12-/m1/s1. The van der Waals surface area contributed by atoms with Gasteiger partial charge >= 0.3 is 7.82 Å². The van der Waals surface area contributed by atoms with Crippen molar-refractivity contribution in [2.45, 2.75) is 24.5 Å². The van der Waals surface area contributed by atoms with Crippen LogP contribution in [-0.4, -0.2) is 68.4 Å². The van der Waals surface area contributed by atoms with Crippen LogP contribution >= 0.6 is 7.82 Å². The highest BCUT2D eigenvalue weighted by Gasteiger charge is 2.47. The molecule has 3 rings (SSSR count). The van der Waals surface area contributed by atoms with Crippen molar-refractivity contribution in [2.75, 3.05) is 26.6 Å². The van der Waals surface area contributed by atoms with Gasteiger partial charge < -0.3 is 29.7 Å². The van der Waals surface area contributed by atoms with Gasteiger partial charge in [-0.05, 0) is 0 Å². The summed E-state index contributed by atoms with van der Waals surface area (Å²) in [6.45, 7) is -0.372. The monoisotopic (exact) mass is 375 g/mol. The van der Waals surface area contributed by atoms with E-state index in [1.54, 1.807) is 4.57 Å². The Balaban J connectivity index is 1.92. The molecule has 1 saturated heterocycles. The van der Waals surface area contributed by atoms with E-state index in [1.165, 1.54) is 26.9 Å². The number of anilines is 1. The summed E-state index contributed by atoms with van der Waals surface area (Å²) in [4.78, 5) is 30.0. The third-order valence-corrected chi connectivity index (χ3v) is 4.38. The Labute approximate surface area is 142 Å². The fourth-order valence-corrected chi connectivity index (χ4v) is 3.17. The average Bonchev–Trinajstić information content (AvgIpc) is 3.13. The molecule has 0 amide bonds. The molecule has 0 aromatic carbocycles. The molecule has 25 heavy (non-hydrogen) atoms. The van der Waals surface area contributed by atoms with E-state index in [0.29, 0.717) is 11.2 Å². The molecule has 2 aromatic rings. The molecule has 1 unspecified atom stereocenters. The topological polar surface area (TPSA) is 164 Å². The van der Waals surface area contributed by atoms with Crippen LogP contribution in [-0.2, 0) is 23.3 Å². The Hall–Kier alpha value is -1.66. The first kappa shape index (κ1) is 18.1. The fraction of sp³-hybridized carbons (Fsp3) is 0.583. The molecule has 13 heteroatoms. The summed E-state index contributed by atoms with van der Waals surface area (Å²) in [6.07, 6.45) is 0.0751. The van der Waals surface area contributed by atoms with Gasteiger partial charge in [-0.2, -0.15) is 0 Å². The van der Waals surface area contributed by atoms with Crippen molar-refractivity contribution < 1.29 is 33.1 Å². The number of aromatic nitrogens is 4. The van der Waals surface area contributed by atoms with Crippen LogP contribution in [0.1, 0.15) is 6.23 Å². The van der Waals surface area contributed by atoms with Crippen molar-refractivity contribution in [1.29, 1.82) is 0 Å². The fourth-order valence-electron chi connectivity index (χ4n) is 2.83. The van der Waals surface area contributed by atoms with Crippen LogP contribution in [0, 0.1) is 0 Å². The number of hydrogen-bond donors (Lipinski definition) is 3. The van der Waals surface area contributed by atoms with Gasteiger partial charge in [0.15, 0.2) is 17.7 Å². The summed E-state index contributed by atoms with van der Waals surface area (Å²) in [7, 11) is -1.72. The predicted molar refractivity (Wildman–Crippen MR) is 83.2 cm³/mol. The molecular formula is C12H18N5O7P. The Morgan fingerprint density at radius 1 is 1.28 bits per heavy atom. The Morgan fingerprint density at radius 3 is 2.64 bits per heavy atom. The molecule has 0 bridgehead atoms. The molecule has 138 valence electrons. The number of nitrogen functional groups attached to an aromatic ring is 1. The van der Waals surface area contributed by atoms with Gasteiger partial charge in [-0.1, -0.05) is 0 Å². The van der Waals surface area contributed by atoms with Crippen molar-refractivity contribution in [1.82, 2.24) is 19.5 Å². The van der Waals surface area contributed by atoms with Crippen molar-refractivity contribution in [2.24, 2.45) is 0 Å². The summed E-state index contributed by atoms with van der Waals surface area (Å²) in [5.74, 6) is 0.223. The number of hydrogen-bond acceptors (Lipinski definition) is 9. The number of nitrogens with zero attached hydrogens (tertiary/aromatic N) is 4. The lowest BCUT2D eigenvalue weighted by Crippen LogP contribution is -2.36. The minimum atomic E-state index is -4.64. The number of fused-ring (bicyclic) bond motifs is 1. The van der Waals surface area contributed by atoms with E-state index < -0.39 is 32.4 Å². The first-order chi connectivity index (χ1) is 11.9. The van der Waals surface area contributed by atoms with Crippen LogP contribution in [0.15, 0.2) is 12.7 Å². The van der Waals surface area contributed by atoms with Crippen LogP contribution < -0.4 is 5.73 Å². The Morgan fingerprint density at radius 2 is 2.00 bits per heavy atom. The molecule has 1 aliphatic heterocycles. The molecule has 12 nitrogen and oxygen atoms in total. The molecule has 0 aliphatic carbocycles. The highest BCUT2D eigenvalue weighted by Crippen LogP contribution is 2.40. The van der Waals surface area contributed by atoms with Crippen LogP contribution in [0.5, 0.6) is 0 Å². The number of ether oxygens (including phenoxy) is 3. The van der Waals surface area contributed by atoms with E-state index in [-0.39, 0.29) is 12.4 Å². The zero-order valence-electron chi connectivity index (χ0n) is 13.4. The maximum atomic E-state index is 11.0. The van der Waals surface area contributed by atoms with Gasteiger partial charge in [0.1, 0.15) is 30.2 Å². The van der Waals surface area contributed by atoms with E-state index in [1.807, 2.05) is 0 Å². The summed E-state index contributed by atoms with van der Waals surface area (Å²) < 4.78 is 33.8. The van der Waals surface area contributed by atoms with Crippen LogP contribution in [0.3, 0.4) is 0 Å². The molecule has 0 radical (unpaired) electrons. The first-order valence-electron chi connectivity index (χ1n) is 7.20. The highest BCUT2D eigenvalue weighted by molar-refractivity contribution is 7.46. The second kappa shape index (κ2) is 6.92. The number of phosphoric ester groups is 1. The van der Waals surface area contributed by atoms with Gasteiger partial charge in [0.25, 0.3) is 0 Å². The zero-order valence-corrected chi connectivity index (χ0v) is 14.3. The lowest BCUT2D eigenvalue weighted by atomic mass is 10.1. The van der Waals surface area contributed by atoms with Crippen molar-refractivity contribution in [3.63, 3.8) is 0 Å². The molecule has 1 aliphatic rings. The second-order valence-corrected chi connectivity index (χ2v) is 6.57. The average molecular weight is 375 g/mol. The third-order valence-electron chi connectivity index (χ3n) is 3.90. The van der Waals surface area contributed by atoms with Gasteiger partial charge in [-0.3, -0.25) is 9.09 Å². The zero-order chi connectivity index (χ0) is 18.2. The van der Waals surface area contributed by atoms with Gasteiger partial charge in [0.2, 0.25) is 0 Å². The van der Waals surface area contributed by atoms with Crippen molar-refractivity contribution in [3.8, 4) is 0 Å². The maximum absolute atomic E-state index is 11.0. The predicted octanol–water partition coefficient (Wildman–Crippen LogP) is -0.555. The smallest absolute Gasteiger partial charge is 0.382 e. The Kier molecular flexibility index (Phi) is 5.02. The van der Waals surface area contributed by atoms with E-state index in [2.05, 4.69) is 19.5 Å². The number of nitrogens with two attached hydrogens (primary N) is 1. The van der Waals surface area contributed by atoms with E-state index in [4.69, 9.17) is 29.7 Å². The summed E-state index contributed by atoms with van der Waals surface area (Å²) in [6, 6.07) is 0. The van der Waals surface area contributed by atoms with Crippen LogP contribution in [0.4, 0.5) is 5.82 Å². The van der Waals surface area contributed by atoms with Crippen molar-refractivity contribution in [3.05, 3.63) is 12.7 Å². The number of rotatable bonds is 6. The Bertz CT molecular complexity index is 795. The van der Waals surface area contributed by atoms with Crippen molar-refractivity contribution >= 4 is 24.8 Å². The summed E-state index contributed by atoms with van der Waals surface area (Å²) in [5.41, 5.74) is 6.62. The highest BCUT2D eigenvalue weighted by atomic mass is 31.2. The van der Waals surface area contributed by atoms with Gasteiger partial charge in [0, 0.05) is 14.2 Å². The van der Waals surface area contributed by atoms with Gasteiger partial charge in [-0.15, -0.1) is 0 Å². The lowest BCUT2D eigenvalue weighted by Gasteiger charge is -2.22. The molecule has 3 heterocycles. The van der Waals surface area contributed by atoms with E-state index >= 15 is 0 Å². The molecular weight excluding hydrogens is 357 g/mol. The minimum Gasteiger partial charge on any atom is -0.382 e. The molecule has 2 aromatic heterocycles. The quantitative estimate of drug-likeness (QED) is 0.555. The summed E-state index contributed by atoms with van der Waals surface area (Å²) in [5, 5.41) is 0. The number of methoxy groups -OCH3 is 2. The third kappa shape index (κ3) is 3.51. The SMILES string of the molecule is COC1[C@@H](COP(=O)(O)O)O[C@@H](n2cnc3c(N)ncnc32)[C@H]1OC. The van der Waals surface area contributed by atoms with Gasteiger partial charge in [-0.25, -0.2) is 19.5 Å². The van der Waals surface area contributed by atoms with E-state index in [0.717, 1.165) is 0 Å². The first-order valence-corrected chi connectivity index (χ1v) is 8.73. The summed E-state index contributed by atoms with van der Waals surface area (Å²) >= 11 is 0. The van der Waals surface area contributed by atoms with Gasteiger partial charge in [0.05, 0.1) is 12.9 Å². The molecule has 1 fully saturated rings. The normalized spacial score (nSPS) is 27.2. The molecule has 0 saturated carbocycles. The molecule has 0 spiro atoms. The second-order valence-electron chi connectivity index (χ2n) is 5.34. The minimum absolute atomic E-state index is 0.223. The van der Waals surface area contributed by atoms with Crippen LogP contribution in [0.2, 0.25) is 0 Å². The maximum Gasteiger partial charge on any atom is 0.469 e. The lowest BCUT2D eigenvalue weighted by molar-refractivity contribution is -0.0578. The number of imidazole rings is 1. The van der Waals surface area contributed by atoms with Crippen LogP contribution in [0.25, 0.3) is 11.2 Å². The molecule has 4 atom stereocenters.